The molecule has 27 heavy (non-hydrogen) atoms. The monoisotopic (exact) mass is 384 g/mol. The van der Waals surface area contributed by atoms with Gasteiger partial charge >= 0.3 is 0 Å². The first-order chi connectivity index (χ1) is 12.8. The number of nitrogens with zero attached hydrogens (tertiary/aromatic N) is 4. The number of rotatable bonds is 8. The minimum absolute atomic E-state index is 0.549. The van der Waals surface area contributed by atoms with E-state index in [1.807, 2.05) is 64.1 Å². The van der Waals surface area contributed by atoms with Gasteiger partial charge in [-0.2, -0.15) is 0 Å². The number of pyridine rings is 2. The molecule has 0 aliphatic rings. The highest BCUT2D eigenvalue weighted by atomic mass is 28.3. The zero-order valence-electron chi connectivity index (χ0n) is 17.0. The van der Waals surface area contributed by atoms with Gasteiger partial charge in [-0.05, 0) is 52.0 Å². The topological polar surface area (TPSA) is 69.0 Å². The van der Waals surface area contributed by atoms with E-state index in [1.54, 1.807) is 0 Å². The predicted octanol–water partition coefficient (Wildman–Crippen LogP) is 4.06. The van der Waals surface area contributed by atoms with E-state index in [0.29, 0.717) is 12.5 Å². The van der Waals surface area contributed by atoms with Gasteiger partial charge in [-0.25, -0.2) is 0 Å². The van der Waals surface area contributed by atoms with Crippen LogP contribution in [0.25, 0.3) is 0 Å². The molecule has 2 heterocycles. The zero-order chi connectivity index (χ0) is 19.9. The van der Waals surface area contributed by atoms with Crippen LogP contribution in [-0.2, 0) is 9.68 Å². The van der Waals surface area contributed by atoms with Gasteiger partial charge in [-0.15, -0.1) is 0 Å². The Bertz CT molecular complexity index is 767. The molecule has 0 saturated carbocycles. The van der Waals surface area contributed by atoms with Crippen LogP contribution in [0.5, 0.6) is 0 Å². The second kappa shape index (κ2) is 9.41. The third kappa shape index (κ3) is 6.94. The molecule has 144 valence electrons. The van der Waals surface area contributed by atoms with Gasteiger partial charge in [0.15, 0.2) is 0 Å². The number of aromatic nitrogens is 2. The van der Waals surface area contributed by atoms with Crippen molar-refractivity contribution in [2.24, 2.45) is 10.3 Å². The molecule has 6 nitrogen and oxygen atoms in total. The fraction of sp³-hybridized carbons (Fsp3) is 0.400. The number of hydrogen-bond acceptors (Lipinski definition) is 6. The van der Waals surface area contributed by atoms with Crippen LogP contribution in [0.15, 0.2) is 46.7 Å². The lowest BCUT2D eigenvalue weighted by atomic mass is 10.2. The summed E-state index contributed by atoms with van der Waals surface area (Å²) in [6, 6.07) is 11.7. The van der Waals surface area contributed by atoms with Gasteiger partial charge in [-0.3, -0.25) is 9.97 Å². The molecule has 0 aliphatic carbocycles. The van der Waals surface area contributed by atoms with Crippen molar-refractivity contribution >= 4 is 19.5 Å². The number of hydrogen-bond donors (Lipinski definition) is 0. The number of oxime groups is 2. The lowest BCUT2D eigenvalue weighted by molar-refractivity contribution is 0.160. The fourth-order valence-electron chi connectivity index (χ4n) is 2.23. The highest BCUT2D eigenvalue weighted by Crippen LogP contribution is 2.07. The molecule has 2 aromatic heterocycles. The van der Waals surface area contributed by atoms with Crippen LogP contribution in [0.3, 0.4) is 0 Å². The second-order valence-electron chi connectivity index (χ2n) is 7.39. The minimum atomic E-state index is -1.76. The zero-order valence-corrected chi connectivity index (χ0v) is 18.0. The van der Waals surface area contributed by atoms with Crippen LogP contribution >= 0.6 is 0 Å². The molecule has 2 aromatic rings. The van der Waals surface area contributed by atoms with Gasteiger partial charge in [0.2, 0.25) is 0 Å². The van der Waals surface area contributed by atoms with E-state index >= 15 is 0 Å². The Morgan fingerprint density at radius 1 is 0.815 bits per heavy atom. The molecule has 0 saturated heterocycles. The van der Waals surface area contributed by atoms with Gasteiger partial charge in [0.05, 0.1) is 11.4 Å². The molecular weight excluding hydrogens is 356 g/mol. The van der Waals surface area contributed by atoms with Crippen molar-refractivity contribution in [2.45, 2.75) is 40.8 Å². The maximum absolute atomic E-state index is 5.58. The average Bonchev–Trinajstić information content (AvgIpc) is 2.61. The second-order valence-corrected chi connectivity index (χ2v) is 12.3. The summed E-state index contributed by atoms with van der Waals surface area (Å²) in [4.78, 5) is 20.1. The first-order valence-corrected chi connectivity index (χ1v) is 12.4. The van der Waals surface area contributed by atoms with Crippen molar-refractivity contribution in [3.05, 3.63) is 59.2 Å². The Morgan fingerprint density at radius 2 is 1.22 bits per heavy atom. The van der Waals surface area contributed by atoms with Crippen LogP contribution in [0.4, 0.5) is 0 Å². The Morgan fingerprint density at radius 3 is 1.59 bits per heavy atom. The molecule has 0 atom stereocenters. The molecule has 0 aliphatic heterocycles. The van der Waals surface area contributed by atoms with E-state index in [2.05, 4.69) is 33.4 Å². The first kappa shape index (κ1) is 20.8. The Kier molecular flexibility index (Phi) is 7.24. The van der Waals surface area contributed by atoms with Crippen LogP contribution < -0.4 is 0 Å². The molecule has 0 fully saturated rings. The van der Waals surface area contributed by atoms with Gasteiger partial charge in [0, 0.05) is 11.4 Å². The highest BCUT2D eigenvalue weighted by molar-refractivity contribution is 6.77. The Hall–Kier alpha value is -2.54. The Labute approximate surface area is 162 Å². The van der Waals surface area contributed by atoms with Crippen LogP contribution in [0.2, 0.25) is 13.1 Å². The fourth-order valence-corrected chi connectivity index (χ4v) is 3.14. The molecule has 7 heteroatoms. The van der Waals surface area contributed by atoms with Gasteiger partial charge < -0.3 is 9.68 Å². The summed E-state index contributed by atoms with van der Waals surface area (Å²) in [7, 11) is -1.76. The lowest BCUT2D eigenvalue weighted by Gasteiger charge is -2.18. The largest absolute Gasteiger partial charge is 0.399 e. The molecule has 0 spiro atoms. The van der Waals surface area contributed by atoms with Crippen molar-refractivity contribution in [1.82, 2.24) is 9.97 Å². The van der Waals surface area contributed by atoms with E-state index in [-0.39, 0.29) is 0 Å². The van der Waals surface area contributed by atoms with E-state index in [0.717, 1.165) is 34.2 Å². The molecular formula is C20H28N4O2Si. The third-order valence-electron chi connectivity index (χ3n) is 3.83. The molecule has 2 rings (SSSR count). The van der Waals surface area contributed by atoms with Gasteiger partial charge in [0.25, 0.3) is 0 Å². The van der Waals surface area contributed by atoms with E-state index in [9.17, 15) is 0 Å². The van der Waals surface area contributed by atoms with Crippen LogP contribution in [-0.4, -0.2) is 41.9 Å². The summed E-state index contributed by atoms with van der Waals surface area (Å²) in [6.45, 7) is 12.1. The van der Waals surface area contributed by atoms with Crippen molar-refractivity contribution in [1.29, 1.82) is 0 Å². The van der Waals surface area contributed by atoms with Crippen molar-refractivity contribution in [2.75, 3.05) is 12.5 Å². The molecule has 0 N–H and O–H groups in total. The quantitative estimate of drug-likeness (QED) is 0.391. The van der Waals surface area contributed by atoms with Gasteiger partial charge in [0.1, 0.15) is 32.0 Å². The van der Waals surface area contributed by atoms with Crippen LogP contribution in [0.1, 0.15) is 36.6 Å². The summed E-state index contributed by atoms with van der Waals surface area (Å²) >= 11 is 0. The standard InChI is InChI=1S/C20H28N4O2Si/c1-15-9-7-11-19(21-15)17(3)23-25-13-27(5,6)14-26-24-18(4)20-12-8-10-16(2)22-20/h7-12H,13-14H2,1-6H3/b23-17+,24-18+. The maximum Gasteiger partial charge on any atom is 0.143 e. The van der Waals surface area contributed by atoms with E-state index in [1.165, 1.54) is 0 Å². The molecule has 0 unspecified atom stereocenters. The smallest absolute Gasteiger partial charge is 0.143 e. The summed E-state index contributed by atoms with van der Waals surface area (Å²) in [6.07, 6.45) is 1.10. The molecule has 0 amide bonds. The van der Waals surface area contributed by atoms with Crippen molar-refractivity contribution in [3.63, 3.8) is 0 Å². The molecule has 0 aromatic carbocycles. The summed E-state index contributed by atoms with van der Waals surface area (Å²) < 4.78 is 0. The first-order valence-electron chi connectivity index (χ1n) is 8.98. The Balaban J connectivity index is 1.85. The average molecular weight is 385 g/mol. The lowest BCUT2D eigenvalue weighted by Crippen LogP contribution is -2.38. The van der Waals surface area contributed by atoms with E-state index in [4.69, 9.17) is 9.68 Å². The number of aryl methyl sites for hydroxylation is 2. The summed E-state index contributed by atoms with van der Waals surface area (Å²) in [5.41, 5.74) is 5.11. The van der Waals surface area contributed by atoms with Crippen molar-refractivity contribution < 1.29 is 9.68 Å². The van der Waals surface area contributed by atoms with E-state index < -0.39 is 8.07 Å². The van der Waals surface area contributed by atoms with Gasteiger partial charge in [-0.1, -0.05) is 35.5 Å². The molecule has 0 radical (unpaired) electrons. The normalized spacial score (nSPS) is 12.8. The maximum atomic E-state index is 5.58. The summed E-state index contributed by atoms with van der Waals surface area (Å²) in [5, 5.41) is 8.42. The summed E-state index contributed by atoms with van der Waals surface area (Å²) in [5.74, 6) is 0. The molecule has 0 bridgehead atoms. The van der Waals surface area contributed by atoms with Crippen LogP contribution in [0, 0.1) is 13.8 Å². The predicted molar refractivity (Wildman–Crippen MR) is 112 cm³/mol. The van der Waals surface area contributed by atoms with Crippen molar-refractivity contribution in [3.8, 4) is 0 Å². The minimum Gasteiger partial charge on any atom is -0.399 e. The SMILES string of the molecule is C/C(=N\OC[Si](C)(C)CO/N=C(\C)c1cccc(C)n1)c1cccc(C)n1. The highest BCUT2D eigenvalue weighted by Gasteiger charge is 2.24. The third-order valence-corrected chi connectivity index (χ3v) is 5.65.